The largest absolute Gasteiger partial charge is 0.285 e. The zero-order chi connectivity index (χ0) is 12.2. The van der Waals surface area contributed by atoms with Gasteiger partial charge in [-0.25, -0.2) is 0 Å². The molecule has 0 radical (unpaired) electrons. The molecule has 0 heterocycles. The number of hydrogen-bond donors (Lipinski definition) is 1. The Hall–Kier alpha value is -0.0900. The van der Waals surface area contributed by atoms with E-state index in [0.29, 0.717) is 24.7 Å². The molecule has 0 aromatic rings. The summed E-state index contributed by atoms with van der Waals surface area (Å²) < 4.78 is 31.3. The Morgan fingerprint density at radius 1 is 1.19 bits per heavy atom. The van der Waals surface area contributed by atoms with Crippen molar-refractivity contribution in [2.24, 2.45) is 11.8 Å². The van der Waals surface area contributed by atoms with E-state index < -0.39 is 15.4 Å². The summed E-state index contributed by atoms with van der Waals surface area (Å²) in [5.41, 5.74) is 0. The maximum absolute atomic E-state index is 11.1. The fourth-order valence-electron chi connectivity index (χ4n) is 2.90. The van der Waals surface area contributed by atoms with Crippen molar-refractivity contribution in [1.29, 1.82) is 0 Å². The first kappa shape index (κ1) is 14.0. The first-order valence-corrected chi connectivity index (χ1v) is 7.95. The molecule has 16 heavy (non-hydrogen) atoms. The van der Waals surface area contributed by atoms with Gasteiger partial charge >= 0.3 is 0 Å². The Morgan fingerprint density at radius 2 is 1.88 bits per heavy atom. The van der Waals surface area contributed by atoms with E-state index in [0.717, 1.165) is 12.8 Å². The second-order valence-corrected chi connectivity index (χ2v) is 6.72. The molecule has 3 nitrogen and oxygen atoms in total. The summed E-state index contributed by atoms with van der Waals surface area (Å²) in [7, 11) is -3.81. The zero-order valence-corrected chi connectivity index (χ0v) is 11.2. The molecule has 1 fully saturated rings. The molecule has 4 heteroatoms. The molecule has 1 N–H and O–H groups in total. The molecule has 1 rings (SSSR count). The molecule has 3 unspecified atom stereocenters. The summed E-state index contributed by atoms with van der Waals surface area (Å²) in [6, 6.07) is 0. The second kappa shape index (κ2) is 6.01. The molecule has 0 saturated heterocycles. The smallest absolute Gasteiger partial charge is 0.267 e. The predicted molar refractivity (Wildman–Crippen MR) is 66.0 cm³/mol. The monoisotopic (exact) mass is 248 g/mol. The van der Waals surface area contributed by atoms with Crippen LogP contribution in [0.15, 0.2) is 0 Å². The summed E-state index contributed by atoms with van der Waals surface area (Å²) in [6.45, 7) is 4.31. The van der Waals surface area contributed by atoms with E-state index in [-0.39, 0.29) is 0 Å². The molecule has 0 bridgehead atoms. The highest BCUT2D eigenvalue weighted by Gasteiger charge is 2.34. The van der Waals surface area contributed by atoms with Crippen LogP contribution >= 0.6 is 0 Å². The fraction of sp³-hybridized carbons (Fsp3) is 1.00. The quantitative estimate of drug-likeness (QED) is 0.760. The molecular weight excluding hydrogens is 224 g/mol. The van der Waals surface area contributed by atoms with E-state index in [4.69, 9.17) is 4.55 Å². The van der Waals surface area contributed by atoms with Crippen molar-refractivity contribution < 1.29 is 13.0 Å². The van der Waals surface area contributed by atoms with Crippen molar-refractivity contribution in [1.82, 2.24) is 0 Å². The van der Waals surface area contributed by atoms with Crippen LogP contribution in [0.5, 0.6) is 0 Å². The molecule has 0 spiro atoms. The van der Waals surface area contributed by atoms with Crippen LogP contribution in [0.4, 0.5) is 0 Å². The van der Waals surface area contributed by atoms with Crippen LogP contribution < -0.4 is 0 Å². The highest BCUT2D eigenvalue weighted by molar-refractivity contribution is 7.86. The molecule has 1 aliphatic carbocycles. The van der Waals surface area contributed by atoms with Gasteiger partial charge in [-0.15, -0.1) is 0 Å². The summed E-state index contributed by atoms with van der Waals surface area (Å²) in [4.78, 5) is 0. The highest BCUT2D eigenvalue weighted by atomic mass is 32.2. The van der Waals surface area contributed by atoms with Crippen LogP contribution in [0.25, 0.3) is 0 Å². The van der Waals surface area contributed by atoms with Crippen LogP contribution in [0.1, 0.15) is 58.8 Å². The molecular formula is C12H24O3S. The topological polar surface area (TPSA) is 54.4 Å². The van der Waals surface area contributed by atoms with Crippen LogP contribution in [0, 0.1) is 11.8 Å². The third-order valence-corrected chi connectivity index (χ3v) is 5.24. The van der Waals surface area contributed by atoms with Crippen LogP contribution in [0.3, 0.4) is 0 Å². The van der Waals surface area contributed by atoms with Crippen molar-refractivity contribution >= 4 is 10.1 Å². The van der Waals surface area contributed by atoms with E-state index in [2.05, 4.69) is 13.8 Å². The first-order chi connectivity index (χ1) is 7.49. The normalized spacial score (nSPS) is 31.6. The van der Waals surface area contributed by atoms with E-state index in [1.165, 1.54) is 19.3 Å². The van der Waals surface area contributed by atoms with Crippen LogP contribution in [-0.2, 0) is 10.1 Å². The molecule has 1 aliphatic rings. The van der Waals surface area contributed by atoms with Crippen molar-refractivity contribution in [2.75, 3.05) is 0 Å². The van der Waals surface area contributed by atoms with E-state index in [9.17, 15) is 8.42 Å². The standard InChI is InChI=1S/C12H24O3S/c1-3-5-6-11-7-8-12(16(13,14)15)9-10(11)4-2/h10-12H,3-9H2,1-2H3,(H,13,14,15). The lowest BCUT2D eigenvalue weighted by Gasteiger charge is -2.34. The second-order valence-electron chi connectivity index (χ2n) is 5.02. The summed E-state index contributed by atoms with van der Waals surface area (Å²) >= 11 is 0. The van der Waals surface area contributed by atoms with Gasteiger partial charge in [-0.1, -0.05) is 39.5 Å². The average molecular weight is 248 g/mol. The Kier molecular flexibility index (Phi) is 5.25. The van der Waals surface area contributed by atoms with Gasteiger partial charge in [-0.05, 0) is 31.1 Å². The number of unbranched alkanes of at least 4 members (excludes halogenated alkanes) is 1. The van der Waals surface area contributed by atoms with Crippen molar-refractivity contribution in [3.63, 3.8) is 0 Å². The summed E-state index contributed by atoms with van der Waals surface area (Å²) in [5.74, 6) is 1.15. The van der Waals surface area contributed by atoms with Gasteiger partial charge in [0.05, 0.1) is 5.25 Å². The maximum Gasteiger partial charge on any atom is 0.267 e. The predicted octanol–water partition coefficient (Wildman–Crippen LogP) is 3.26. The highest BCUT2D eigenvalue weighted by Crippen LogP contribution is 2.37. The lowest BCUT2D eigenvalue weighted by Crippen LogP contribution is -2.32. The zero-order valence-electron chi connectivity index (χ0n) is 10.4. The lowest BCUT2D eigenvalue weighted by molar-refractivity contribution is 0.211. The average Bonchev–Trinajstić information content (AvgIpc) is 2.24. The van der Waals surface area contributed by atoms with Crippen molar-refractivity contribution in [3.05, 3.63) is 0 Å². The maximum atomic E-state index is 11.1. The van der Waals surface area contributed by atoms with Gasteiger partial charge in [0.1, 0.15) is 0 Å². The number of rotatable bonds is 5. The minimum Gasteiger partial charge on any atom is -0.285 e. The fourth-order valence-corrected chi connectivity index (χ4v) is 3.82. The van der Waals surface area contributed by atoms with Crippen molar-refractivity contribution in [3.8, 4) is 0 Å². The van der Waals surface area contributed by atoms with Crippen LogP contribution in [-0.4, -0.2) is 18.2 Å². The molecule has 0 aromatic carbocycles. The van der Waals surface area contributed by atoms with Gasteiger partial charge in [0.25, 0.3) is 10.1 Å². The van der Waals surface area contributed by atoms with Gasteiger partial charge < -0.3 is 0 Å². The third kappa shape index (κ3) is 3.74. The third-order valence-electron chi connectivity index (χ3n) is 3.97. The van der Waals surface area contributed by atoms with E-state index in [1.54, 1.807) is 0 Å². The molecule has 0 amide bonds. The number of hydrogen-bond acceptors (Lipinski definition) is 2. The van der Waals surface area contributed by atoms with Gasteiger partial charge in [-0.3, -0.25) is 4.55 Å². The van der Waals surface area contributed by atoms with Gasteiger partial charge in [-0.2, -0.15) is 8.42 Å². The lowest BCUT2D eigenvalue weighted by atomic mass is 9.75. The molecule has 0 aromatic heterocycles. The molecule has 1 saturated carbocycles. The molecule has 0 aliphatic heterocycles. The molecule has 96 valence electrons. The van der Waals surface area contributed by atoms with Gasteiger partial charge in [0, 0.05) is 0 Å². The summed E-state index contributed by atoms with van der Waals surface area (Å²) in [6.07, 6.45) is 6.94. The molecule has 3 atom stereocenters. The Morgan fingerprint density at radius 3 is 2.38 bits per heavy atom. The Bertz CT molecular complexity index is 297. The Balaban J connectivity index is 2.57. The first-order valence-electron chi connectivity index (χ1n) is 6.45. The van der Waals surface area contributed by atoms with Crippen molar-refractivity contribution in [2.45, 2.75) is 64.0 Å². The minimum absolute atomic E-state index is 0.479. The van der Waals surface area contributed by atoms with Gasteiger partial charge in [0.15, 0.2) is 0 Å². The van der Waals surface area contributed by atoms with Gasteiger partial charge in [0.2, 0.25) is 0 Å². The van der Waals surface area contributed by atoms with E-state index >= 15 is 0 Å². The SMILES string of the molecule is CCCCC1CCC(S(=O)(=O)O)CC1CC. The summed E-state index contributed by atoms with van der Waals surface area (Å²) in [5, 5.41) is -0.504. The Labute approximate surface area is 99.4 Å². The minimum atomic E-state index is -3.81. The van der Waals surface area contributed by atoms with E-state index in [1.807, 2.05) is 0 Å². The van der Waals surface area contributed by atoms with Crippen LogP contribution in [0.2, 0.25) is 0 Å².